The molecule has 0 atom stereocenters. The molecule has 1 rings (SSSR count). The molecule has 3 nitrogen and oxygen atoms in total. The van der Waals surface area contributed by atoms with Crippen LogP contribution in [-0.2, 0) is 11.8 Å². The van der Waals surface area contributed by atoms with Crippen LogP contribution in [0.25, 0.3) is 0 Å². The topological polar surface area (TPSA) is 49.6 Å². The van der Waals surface area contributed by atoms with E-state index >= 15 is 0 Å². The summed E-state index contributed by atoms with van der Waals surface area (Å²) >= 11 is 0. The minimum absolute atomic E-state index is 0.0210. The summed E-state index contributed by atoms with van der Waals surface area (Å²) in [5.74, 6) is 0. The molecule has 0 saturated heterocycles. The predicted octanol–water partition coefficient (Wildman–Crippen LogP) is 1.84. The van der Waals surface area contributed by atoms with Gasteiger partial charge in [0.15, 0.2) is 0 Å². The maximum absolute atomic E-state index is 8.50. The van der Waals surface area contributed by atoms with E-state index in [-0.39, 0.29) is 5.41 Å². The minimum Gasteiger partial charge on any atom is -0.241 e. The quantitative estimate of drug-likeness (QED) is 0.654. The van der Waals surface area contributed by atoms with Gasteiger partial charge in [0.2, 0.25) is 0 Å². The standard InChI is InChI=1S/C10H13N3/c1-10(2,3)9-6-8(4-5-11)12-7-13-9/h6-7H,4H2,1-3H3. The smallest absolute Gasteiger partial charge is 0.115 e. The van der Waals surface area contributed by atoms with Gasteiger partial charge >= 0.3 is 0 Å². The Morgan fingerprint density at radius 2 is 2.08 bits per heavy atom. The lowest BCUT2D eigenvalue weighted by molar-refractivity contribution is 0.565. The first-order valence-electron chi connectivity index (χ1n) is 4.22. The van der Waals surface area contributed by atoms with Crippen LogP contribution in [0.1, 0.15) is 32.2 Å². The first-order chi connectivity index (χ1) is 6.04. The molecule has 1 heterocycles. The Bertz CT molecular complexity index is 331. The SMILES string of the molecule is CC(C)(C)c1cc(CC#N)ncn1. The predicted molar refractivity (Wildman–Crippen MR) is 50.0 cm³/mol. The van der Waals surface area contributed by atoms with Crippen LogP contribution >= 0.6 is 0 Å². The van der Waals surface area contributed by atoms with Crippen molar-refractivity contribution in [2.75, 3.05) is 0 Å². The molecule has 0 saturated carbocycles. The molecular formula is C10H13N3. The largest absolute Gasteiger partial charge is 0.241 e. The highest BCUT2D eigenvalue weighted by atomic mass is 14.8. The molecular weight excluding hydrogens is 162 g/mol. The molecule has 13 heavy (non-hydrogen) atoms. The van der Waals surface area contributed by atoms with Gasteiger partial charge in [-0.3, -0.25) is 0 Å². The van der Waals surface area contributed by atoms with E-state index < -0.39 is 0 Å². The third-order valence-electron chi connectivity index (χ3n) is 1.75. The zero-order valence-corrected chi connectivity index (χ0v) is 8.20. The summed E-state index contributed by atoms with van der Waals surface area (Å²) in [6.07, 6.45) is 1.87. The Labute approximate surface area is 78.5 Å². The zero-order valence-electron chi connectivity index (χ0n) is 8.20. The molecule has 0 spiro atoms. The number of hydrogen-bond acceptors (Lipinski definition) is 3. The van der Waals surface area contributed by atoms with Crippen molar-refractivity contribution >= 4 is 0 Å². The van der Waals surface area contributed by atoms with Gasteiger partial charge in [0.1, 0.15) is 6.33 Å². The van der Waals surface area contributed by atoms with Crippen molar-refractivity contribution in [3.05, 3.63) is 23.8 Å². The average Bonchev–Trinajstić information content (AvgIpc) is 2.04. The molecule has 0 aliphatic heterocycles. The van der Waals surface area contributed by atoms with Gasteiger partial charge in [-0.05, 0) is 6.07 Å². The van der Waals surface area contributed by atoms with Crippen LogP contribution in [0.4, 0.5) is 0 Å². The molecule has 0 unspecified atom stereocenters. The third kappa shape index (κ3) is 2.51. The van der Waals surface area contributed by atoms with E-state index in [1.54, 1.807) is 0 Å². The van der Waals surface area contributed by atoms with Crippen LogP contribution in [0.2, 0.25) is 0 Å². The van der Waals surface area contributed by atoms with E-state index in [0.717, 1.165) is 11.4 Å². The molecule has 3 heteroatoms. The van der Waals surface area contributed by atoms with E-state index in [4.69, 9.17) is 5.26 Å². The fourth-order valence-corrected chi connectivity index (χ4v) is 0.985. The summed E-state index contributed by atoms with van der Waals surface area (Å²) in [5.41, 5.74) is 1.79. The molecule has 0 aliphatic carbocycles. The molecule has 0 fully saturated rings. The Morgan fingerprint density at radius 1 is 1.38 bits per heavy atom. The van der Waals surface area contributed by atoms with Crippen LogP contribution in [0, 0.1) is 11.3 Å². The second-order valence-corrected chi connectivity index (χ2v) is 3.98. The van der Waals surface area contributed by atoms with E-state index in [0.29, 0.717) is 6.42 Å². The van der Waals surface area contributed by atoms with Crippen molar-refractivity contribution in [1.82, 2.24) is 9.97 Å². The highest BCUT2D eigenvalue weighted by Gasteiger charge is 2.15. The Kier molecular flexibility index (Phi) is 2.62. The summed E-state index contributed by atoms with van der Waals surface area (Å²) in [6, 6.07) is 3.96. The van der Waals surface area contributed by atoms with Gasteiger partial charge < -0.3 is 0 Å². The minimum atomic E-state index is 0.0210. The van der Waals surface area contributed by atoms with E-state index in [1.807, 2.05) is 6.07 Å². The molecule has 0 radical (unpaired) electrons. The van der Waals surface area contributed by atoms with E-state index in [9.17, 15) is 0 Å². The lowest BCUT2D eigenvalue weighted by atomic mass is 9.91. The lowest BCUT2D eigenvalue weighted by Crippen LogP contribution is -2.14. The van der Waals surface area contributed by atoms with Gasteiger partial charge in [-0.15, -0.1) is 0 Å². The summed E-state index contributed by atoms with van der Waals surface area (Å²) in [5, 5.41) is 8.50. The third-order valence-corrected chi connectivity index (χ3v) is 1.75. The number of aromatic nitrogens is 2. The van der Waals surface area contributed by atoms with E-state index in [1.165, 1.54) is 6.33 Å². The number of rotatable bonds is 1. The van der Waals surface area contributed by atoms with Gasteiger partial charge in [0, 0.05) is 11.1 Å². The van der Waals surface area contributed by atoms with Crippen LogP contribution in [0.15, 0.2) is 12.4 Å². The van der Waals surface area contributed by atoms with Crippen molar-refractivity contribution < 1.29 is 0 Å². The summed E-state index contributed by atoms with van der Waals surface area (Å²) in [6.45, 7) is 6.27. The van der Waals surface area contributed by atoms with Crippen molar-refractivity contribution in [2.24, 2.45) is 0 Å². The molecule has 0 bridgehead atoms. The number of hydrogen-bond donors (Lipinski definition) is 0. The fourth-order valence-electron chi connectivity index (χ4n) is 0.985. The molecule has 0 amide bonds. The van der Waals surface area contributed by atoms with Crippen molar-refractivity contribution in [3.63, 3.8) is 0 Å². The first kappa shape index (κ1) is 9.66. The normalized spacial score (nSPS) is 10.9. The van der Waals surface area contributed by atoms with Crippen LogP contribution < -0.4 is 0 Å². The van der Waals surface area contributed by atoms with Crippen LogP contribution in [-0.4, -0.2) is 9.97 Å². The van der Waals surface area contributed by atoms with Gasteiger partial charge in [0.05, 0.1) is 18.2 Å². The highest BCUT2D eigenvalue weighted by molar-refractivity contribution is 5.17. The Hall–Kier alpha value is -1.43. The van der Waals surface area contributed by atoms with Crippen LogP contribution in [0.3, 0.4) is 0 Å². The zero-order chi connectivity index (χ0) is 9.90. The number of nitrogens with zero attached hydrogens (tertiary/aromatic N) is 3. The van der Waals surface area contributed by atoms with Crippen molar-refractivity contribution in [2.45, 2.75) is 32.6 Å². The molecule has 0 N–H and O–H groups in total. The maximum atomic E-state index is 8.50. The van der Waals surface area contributed by atoms with Gasteiger partial charge in [-0.2, -0.15) is 5.26 Å². The highest BCUT2D eigenvalue weighted by Crippen LogP contribution is 2.19. The van der Waals surface area contributed by atoms with Gasteiger partial charge in [-0.1, -0.05) is 20.8 Å². The first-order valence-corrected chi connectivity index (χ1v) is 4.22. The Morgan fingerprint density at radius 3 is 2.62 bits per heavy atom. The molecule has 0 aromatic carbocycles. The van der Waals surface area contributed by atoms with Crippen LogP contribution in [0.5, 0.6) is 0 Å². The summed E-state index contributed by atoms with van der Waals surface area (Å²) < 4.78 is 0. The van der Waals surface area contributed by atoms with Gasteiger partial charge in [-0.25, -0.2) is 9.97 Å². The maximum Gasteiger partial charge on any atom is 0.115 e. The second kappa shape index (κ2) is 3.53. The van der Waals surface area contributed by atoms with Crippen molar-refractivity contribution in [3.8, 4) is 6.07 Å². The number of nitriles is 1. The monoisotopic (exact) mass is 175 g/mol. The average molecular weight is 175 g/mol. The van der Waals surface area contributed by atoms with E-state index in [2.05, 4.69) is 36.8 Å². The molecule has 0 aliphatic rings. The molecule has 1 aromatic rings. The lowest BCUT2D eigenvalue weighted by Gasteiger charge is -2.17. The second-order valence-electron chi connectivity index (χ2n) is 3.98. The molecule has 1 aromatic heterocycles. The van der Waals surface area contributed by atoms with Crippen molar-refractivity contribution in [1.29, 1.82) is 5.26 Å². The summed E-state index contributed by atoms with van der Waals surface area (Å²) in [7, 11) is 0. The summed E-state index contributed by atoms with van der Waals surface area (Å²) in [4.78, 5) is 8.18. The Balaban J connectivity index is 3.00. The molecule has 68 valence electrons. The fraction of sp³-hybridized carbons (Fsp3) is 0.500. The van der Waals surface area contributed by atoms with Gasteiger partial charge in [0.25, 0.3) is 0 Å².